The zero-order chi connectivity index (χ0) is 13.4. The zero-order valence-electron chi connectivity index (χ0n) is 9.80. The number of nitrogens with one attached hydrogen (secondary N) is 1. The molecule has 1 N–H and O–H groups in total. The van der Waals surface area contributed by atoms with Crippen molar-refractivity contribution in [3.63, 3.8) is 0 Å². The molecule has 0 amide bonds. The lowest BCUT2D eigenvalue weighted by atomic mass is 10.1. The van der Waals surface area contributed by atoms with Crippen molar-refractivity contribution >= 4 is 11.7 Å². The predicted molar refractivity (Wildman–Crippen MR) is 65.1 cm³/mol. The first-order valence-electron chi connectivity index (χ1n) is 5.12. The summed E-state index contributed by atoms with van der Waals surface area (Å²) in [6.45, 7) is 0. The number of ether oxygens (including phenoxy) is 1. The molecular weight excluding hydrogens is 230 g/mol. The topological polar surface area (TPSA) is 85.9 Å². The fourth-order valence-electron chi connectivity index (χ4n) is 1.20. The molecule has 0 radical (unpaired) electrons. The lowest BCUT2D eigenvalue weighted by molar-refractivity contribution is -0.139. The van der Waals surface area contributed by atoms with Crippen LogP contribution >= 0.6 is 0 Å². The highest BCUT2D eigenvalue weighted by Gasteiger charge is 2.02. The van der Waals surface area contributed by atoms with Gasteiger partial charge in [0.25, 0.3) is 0 Å². The Morgan fingerprint density at radius 1 is 1.33 bits per heavy atom. The van der Waals surface area contributed by atoms with Crippen LogP contribution in [0.2, 0.25) is 0 Å². The summed E-state index contributed by atoms with van der Waals surface area (Å²) in [7, 11) is 1.34. The third-order valence-corrected chi connectivity index (χ3v) is 2.15. The quantitative estimate of drug-likeness (QED) is 0.641. The van der Waals surface area contributed by atoms with Crippen molar-refractivity contribution in [2.45, 2.75) is 6.42 Å². The molecule has 0 aliphatic rings. The summed E-state index contributed by atoms with van der Waals surface area (Å²) in [4.78, 5) is 11.0. The number of methoxy groups -OCH3 is 1. The molecule has 0 bridgehead atoms. The van der Waals surface area contributed by atoms with E-state index in [1.807, 2.05) is 0 Å². The van der Waals surface area contributed by atoms with E-state index in [1.54, 1.807) is 36.4 Å². The average Bonchev–Trinajstić information content (AvgIpc) is 2.41. The molecular formula is C13H11N3O2. The first-order valence-corrected chi connectivity index (χ1v) is 5.12. The minimum Gasteiger partial charge on any atom is -0.469 e. The van der Waals surface area contributed by atoms with Gasteiger partial charge in [-0.2, -0.15) is 10.5 Å². The highest BCUT2D eigenvalue weighted by atomic mass is 16.5. The molecule has 0 atom stereocenters. The van der Waals surface area contributed by atoms with E-state index in [-0.39, 0.29) is 18.0 Å². The number of nitrogens with zero attached hydrogens (tertiary/aromatic N) is 2. The fraction of sp³-hybridized carbons (Fsp3) is 0.154. The number of anilines is 1. The second kappa shape index (κ2) is 6.72. The van der Waals surface area contributed by atoms with Crippen LogP contribution in [0, 0.1) is 22.7 Å². The summed E-state index contributed by atoms with van der Waals surface area (Å²) in [5.74, 6) is -0.299. The van der Waals surface area contributed by atoms with E-state index in [2.05, 4.69) is 10.1 Å². The van der Waals surface area contributed by atoms with E-state index in [0.29, 0.717) is 0 Å². The van der Waals surface area contributed by atoms with Crippen molar-refractivity contribution in [2.75, 3.05) is 12.4 Å². The second-order valence-corrected chi connectivity index (χ2v) is 3.38. The number of hydrogen-bond acceptors (Lipinski definition) is 5. The molecule has 5 heteroatoms. The normalized spacial score (nSPS) is 8.61. The number of nitriles is 2. The van der Waals surface area contributed by atoms with Crippen LogP contribution < -0.4 is 5.32 Å². The van der Waals surface area contributed by atoms with Crippen LogP contribution in [0.25, 0.3) is 0 Å². The number of hydrogen-bond donors (Lipinski definition) is 1. The standard InChI is InChI=1S/C13H11N3O2/c1-18-13(17)6-10-2-4-12(5-3-10)16-9-11(7-14)8-15/h2-5,9,16H,6H2,1H3. The molecule has 0 fully saturated rings. The summed E-state index contributed by atoms with van der Waals surface area (Å²) in [6, 6.07) is 10.5. The summed E-state index contributed by atoms with van der Waals surface area (Å²) in [5, 5.41) is 19.9. The van der Waals surface area contributed by atoms with Gasteiger partial charge in [-0.3, -0.25) is 4.79 Å². The monoisotopic (exact) mass is 241 g/mol. The highest BCUT2D eigenvalue weighted by molar-refractivity contribution is 5.72. The van der Waals surface area contributed by atoms with Gasteiger partial charge in [0, 0.05) is 11.9 Å². The van der Waals surface area contributed by atoms with Crippen molar-refractivity contribution in [1.29, 1.82) is 10.5 Å². The molecule has 1 aromatic carbocycles. The van der Waals surface area contributed by atoms with Crippen LogP contribution in [0.5, 0.6) is 0 Å². The maximum Gasteiger partial charge on any atom is 0.309 e. The van der Waals surface area contributed by atoms with Crippen molar-refractivity contribution in [3.05, 3.63) is 41.6 Å². The first-order chi connectivity index (χ1) is 8.69. The average molecular weight is 241 g/mol. The van der Waals surface area contributed by atoms with E-state index in [9.17, 15) is 4.79 Å². The van der Waals surface area contributed by atoms with E-state index < -0.39 is 0 Å². The number of carbonyl (C=O) groups is 1. The Labute approximate surface area is 105 Å². The van der Waals surface area contributed by atoms with Gasteiger partial charge in [0.2, 0.25) is 0 Å². The summed E-state index contributed by atoms with van der Waals surface area (Å²) < 4.78 is 4.56. The molecule has 0 aliphatic heterocycles. The lowest BCUT2D eigenvalue weighted by Crippen LogP contribution is -2.04. The van der Waals surface area contributed by atoms with Crippen LogP contribution in [0.15, 0.2) is 36.0 Å². The molecule has 5 nitrogen and oxygen atoms in total. The van der Waals surface area contributed by atoms with Crippen LogP contribution in [0.3, 0.4) is 0 Å². The van der Waals surface area contributed by atoms with Gasteiger partial charge in [-0.1, -0.05) is 12.1 Å². The van der Waals surface area contributed by atoms with Crippen LogP contribution in [0.4, 0.5) is 5.69 Å². The molecule has 1 aromatic rings. The molecule has 90 valence electrons. The first kappa shape index (κ1) is 13.3. The van der Waals surface area contributed by atoms with Gasteiger partial charge in [-0.05, 0) is 17.7 Å². The second-order valence-electron chi connectivity index (χ2n) is 3.38. The Morgan fingerprint density at radius 2 is 1.94 bits per heavy atom. The van der Waals surface area contributed by atoms with Crippen LogP contribution in [-0.2, 0) is 16.0 Å². The molecule has 0 aromatic heterocycles. The third kappa shape index (κ3) is 3.99. The van der Waals surface area contributed by atoms with E-state index >= 15 is 0 Å². The van der Waals surface area contributed by atoms with Gasteiger partial charge in [0.05, 0.1) is 13.5 Å². The minimum absolute atomic E-state index is 0.00589. The number of allylic oxidation sites excluding steroid dienone is 1. The van der Waals surface area contributed by atoms with Gasteiger partial charge in [0.15, 0.2) is 0 Å². The third-order valence-electron chi connectivity index (χ3n) is 2.15. The Bertz CT molecular complexity index is 517. The Kier molecular flexibility index (Phi) is 4.96. The number of esters is 1. The minimum atomic E-state index is -0.299. The van der Waals surface area contributed by atoms with Crippen molar-refractivity contribution in [1.82, 2.24) is 0 Å². The van der Waals surface area contributed by atoms with Crippen LogP contribution in [-0.4, -0.2) is 13.1 Å². The summed E-state index contributed by atoms with van der Waals surface area (Å²) in [5.41, 5.74) is 1.55. The molecule has 1 rings (SSSR count). The maximum atomic E-state index is 11.0. The summed E-state index contributed by atoms with van der Waals surface area (Å²) >= 11 is 0. The fourth-order valence-corrected chi connectivity index (χ4v) is 1.20. The molecule has 0 saturated heterocycles. The van der Waals surface area contributed by atoms with Crippen molar-refractivity contribution in [2.24, 2.45) is 0 Å². The zero-order valence-corrected chi connectivity index (χ0v) is 9.80. The largest absolute Gasteiger partial charge is 0.469 e. The van der Waals surface area contributed by atoms with Gasteiger partial charge in [-0.15, -0.1) is 0 Å². The number of carbonyl (C=O) groups excluding carboxylic acids is 1. The molecule has 0 heterocycles. The van der Waals surface area contributed by atoms with Gasteiger partial charge >= 0.3 is 5.97 Å². The predicted octanol–water partition coefficient (Wildman–Crippen LogP) is 1.75. The van der Waals surface area contributed by atoms with Gasteiger partial charge in [0.1, 0.15) is 17.7 Å². The van der Waals surface area contributed by atoms with Crippen LogP contribution in [0.1, 0.15) is 5.56 Å². The molecule has 0 spiro atoms. The number of rotatable bonds is 4. The SMILES string of the molecule is COC(=O)Cc1ccc(NC=C(C#N)C#N)cc1. The molecule has 0 saturated carbocycles. The highest BCUT2D eigenvalue weighted by Crippen LogP contribution is 2.10. The lowest BCUT2D eigenvalue weighted by Gasteiger charge is -2.03. The van der Waals surface area contributed by atoms with Gasteiger partial charge < -0.3 is 10.1 Å². The number of benzene rings is 1. The molecule has 0 unspecified atom stereocenters. The smallest absolute Gasteiger partial charge is 0.309 e. The van der Waals surface area contributed by atoms with Gasteiger partial charge in [-0.25, -0.2) is 0 Å². The summed E-state index contributed by atoms with van der Waals surface area (Å²) in [6.07, 6.45) is 1.55. The van der Waals surface area contributed by atoms with E-state index in [1.165, 1.54) is 13.3 Å². The van der Waals surface area contributed by atoms with Crippen molar-refractivity contribution in [3.8, 4) is 12.1 Å². The maximum absolute atomic E-state index is 11.0. The molecule has 18 heavy (non-hydrogen) atoms. The Hall–Kier alpha value is -2.79. The Morgan fingerprint density at radius 3 is 2.44 bits per heavy atom. The molecule has 0 aliphatic carbocycles. The van der Waals surface area contributed by atoms with E-state index in [4.69, 9.17) is 10.5 Å². The Balaban J connectivity index is 2.67. The van der Waals surface area contributed by atoms with E-state index in [0.717, 1.165) is 11.3 Å². The van der Waals surface area contributed by atoms with Crippen molar-refractivity contribution < 1.29 is 9.53 Å².